The van der Waals surface area contributed by atoms with Gasteiger partial charge in [0.15, 0.2) is 0 Å². The summed E-state index contributed by atoms with van der Waals surface area (Å²) in [4.78, 5) is 25.8. The number of nitrogens with zero attached hydrogens (tertiary/aromatic N) is 3. The Kier molecular flexibility index (Phi) is 6.13. The number of alkyl halides is 6. The number of likely N-dealkylation sites (tertiary alicyclic amines) is 1. The van der Waals surface area contributed by atoms with Gasteiger partial charge in [-0.05, 0) is 37.1 Å². The Morgan fingerprint density at radius 1 is 1.16 bits per heavy atom. The number of rotatable bonds is 4. The number of aromatic nitrogens is 2. The molecule has 0 aliphatic carbocycles. The molecule has 1 saturated heterocycles. The molecule has 3 amide bonds. The highest BCUT2D eigenvalue weighted by atomic mass is 19.4. The SMILES string of the molecule is O=C(NCC(F)(F)F)C1CCCN1C(=O)Nc1cc(C(F)(F)F)ccc1-n1cccn1. The standard InChI is InChI=1S/C18H17F6N5O2/c19-17(20,21)10-25-15(30)14-3-1-7-28(14)16(31)27-12-9-11(18(22,23)24)4-5-13(12)29-8-2-6-26-29/h2,4-6,8-9,14H,1,3,7,10H2,(H,25,30)(H,27,31). The van der Waals surface area contributed by atoms with E-state index >= 15 is 0 Å². The van der Waals surface area contributed by atoms with Gasteiger partial charge in [0.2, 0.25) is 5.91 Å². The predicted molar refractivity (Wildman–Crippen MR) is 96.4 cm³/mol. The average molecular weight is 449 g/mol. The van der Waals surface area contributed by atoms with E-state index in [-0.39, 0.29) is 24.3 Å². The van der Waals surface area contributed by atoms with E-state index < -0.39 is 42.4 Å². The number of hydrogen-bond donors (Lipinski definition) is 2. The summed E-state index contributed by atoms with van der Waals surface area (Å²) < 4.78 is 77.7. The Morgan fingerprint density at radius 2 is 1.90 bits per heavy atom. The van der Waals surface area contributed by atoms with Crippen LogP contribution in [0.2, 0.25) is 0 Å². The molecular formula is C18H17F6N5O2. The van der Waals surface area contributed by atoms with Crippen LogP contribution in [0, 0.1) is 0 Å². The van der Waals surface area contributed by atoms with Crippen molar-refractivity contribution in [3.8, 4) is 5.69 Å². The van der Waals surface area contributed by atoms with Crippen LogP contribution in [0.1, 0.15) is 18.4 Å². The number of carbonyl (C=O) groups is 2. The quantitative estimate of drug-likeness (QED) is 0.701. The second kappa shape index (κ2) is 8.47. The third-order valence-corrected chi connectivity index (χ3v) is 4.60. The molecule has 1 aliphatic rings. The normalized spacial score (nSPS) is 17.0. The summed E-state index contributed by atoms with van der Waals surface area (Å²) in [5.74, 6) is -0.985. The van der Waals surface area contributed by atoms with Gasteiger partial charge in [0.1, 0.15) is 12.6 Å². The van der Waals surface area contributed by atoms with Crippen LogP contribution in [-0.4, -0.2) is 51.9 Å². The summed E-state index contributed by atoms with van der Waals surface area (Å²) in [5.41, 5.74) is -1.09. The Labute approximate surface area is 172 Å². The van der Waals surface area contributed by atoms with E-state index in [1.165, 1.54) is 23.1 Å². The maximum Gasteiger partial charge on any atom is 0.416 e. The van der Waals surface area contributed by atoms with E-state index in [1.54, 1.807) is 5.32 Å². The van der Waals surface area contributed by atoms with Crippen molar-refractivity contribution in [3.63, 3.8) is 0 Å². The zero-order valence-corrected chi connectivity index (χ0v) is 15.8. The lowest BCUT2D eigenvalue weighted by atomic mass is 10.1. The number of hydrogen-bond acceptors (Lipinski definition) is 3. The van der Waals surface area contributed by atoms with Crippen molar-refractivity contribution in [1.29, 1.82) is 0 Å². The van der Waals surface area contributed by atoms with Crippen molar-refractivity contribution in [1.82, 2.24) is 20.0 Å². The van der Waals surface area contributed by atoms with Crippen LogP contribution in [0.3, 0.4) is 0 Å². The van der Waals surface area contributed by atoms with E-state index in [0.717, 1.165) is 23.1 Å². The first-order valence-electron chi connectivity index (χ1n) is 9.09. The minimum Gasteiger partial charge on any atom is -0.345 e. The Bertz CT molecular complexity index is 942. The van der Waals surface area contributed by atoms with Crippen LogP contribution < -0.4 is 10.6 Å². The number of amides is 3. The first-order valence-corrected chi connectivity index (χ1v) is 9.09. The minimum absolute atomic E-state index is 0.0615. The number of anilines is 1. The molecule has 0 spiro atoms. The number of urea groups is 1. The monoisotopic (exact) mass is 449 g/mol. The van der Waals surface area contributed by atoms with Crippen molar-refractivity contribution in [2.75, 3.05) is 18.4 Å². The van der Waals surface area contributed by atoms with E-state index in [2.05, 4.69) is 10.4 Å². The highest BCUT2D eigenvalue weighted by molar-refractivity contribution is 5.95. The van der Waals surface area contributed by atoms with Crippen LogP contribution in [0.15, 0.2) is 36.7 Å². The van der Waals surface area contributed by atoms with E-state index in [0.29, 0.717) is 6.42 Å². The molecule has 2 heterocycles. The average Bonchev–Trinajstić information content (AvgIpc) is 3.36. The van der Waals surface area contributed by atoms with Crippen molar-refractivity contribution in [2.45, 2.75) is 31.2 Å². The fourth-order valence-electron chi connectivity index (χ4n) is 3.20. The van der Waals surface area contributed by atoms with Crippen LogP contribution in [-0.2, 0) is 11.0 Å². The van der Waals surface area contributed by atoms with E-state index in [1.807, 2.05) is 0 Å². The molecule has 1 atom stereocenters. The summed E-state index contributed by atoms with van der Waals surface area (Å²) in [6.45, 7) is -1.49. The molecule has 0 bridgehead atoms. The summed E-state index contributed by atoms with van der Waals surface area (Å²) in [7, 11) is 0. The lowest BCUT2D eigenvalue weighted by molar-refractivity contribution is -0.140. The summed E-state index contributed by atoms with van der Waals surface area (Å²) in [6, 6.07) is 2.14. The van der Waals surface area contributed by atoms with Gasteiger partial charge in [-0.2, -0.15) is 31.4 Å². The fourth-order valence-corrected chi connectivity index (χ4v) is 3.20. The molecule has 0 radical (unpaired) electrons. The van der Waals surface area contributed by atoms with Crippen molar-refractivity contribution >= 4 is 17.6 Å². The molecule has 7 nitrogen and oxygen atoms in total. The van der Waals surface area contributed by atoms with Gasteiger partial charge in [-0.3, -0.25) is 4.79 Å². The zero-order chi connectivity index (χ0) is 22.8. The molecule has 31 heavy (non-hydrogen) atoms. The van der Waals surface area contributed by atoms with E-state index in [9.17, 15) is 35.9 Å². The van der Waals surface area contributed by atoms with Gasteiger partial charge < -0.3 is 15.5 Å². The highest BCUT2D eigenvalue weighted by Gasteiger charge is 2.37. The van der Waals surface area contributed by atoms with Gasteiger partial charge >= 0.3 is 18.4 Å². The molecule has 1 aliphatic heterocycles. The molecule has 168 valence electrons. The summed E-state index contributed by atoms with van der Waals surface area (Å²) in [6.07, 6.45) is -5.95. The Hall–Kier alpha value is -3.25. The lowest BCUT2D eigenvalue weighted by Crippen LogP contribution is -2.49. The van der Waals surface area contributed by atoms with Gasteiger partial charge in [0.05, 0.1) is 16.9 Å². The maximum absolute atomic E-state index is 13.1. The first-order chi connectivity index (χ1) is 14.5. The molecule has 2 N–H and O–H groups in total. The molecule has 1 aromatic heterocycles. The van der Waals surface area contributed by atoms with Crippen LogP contribution >= 0.6 is 0 Å². The topological polar surface area (TPSA) is 79.3 Å². The summed E-state index contributed by atoms with van der Waals surface area (Å²) in [5, 5.41) is 8.00. The number of nitrogens with one attached hydrogen (secondary N) is 2. The van der Waals surface area contributed by atoms with Crippen molar-refractivity contribution < 1.29 is 35.9 Å². The van der Waals surface area contributed by atoms with Gasteiger partial charge in [0, 0.05) is 18.9 Å². The van der Waals surface area contributed by atoms with Crippen LogP contribution in [0.4, 0.5) is 36.8 Å². The molecule has 2 aromatic rings. The van der Waals surface area contributed by atoms with Gasteiger partial charge in [0.25, 0.3) is 0 Å². The smallest absolute Gasteiger partial charge is 0.345 e. The zero-order valence-electron chi connectivity index (χ0n) is 15.8. The molecule has 1 fully saturated rings. The largest absolute Gasteiger partial charge is 0.416 e. The Balaban J connectivity index is 1.82. The highest BCUT2D eigenvalue weighted by Crippen LogP contribution is 2.33. The second-order valence-corrected chi connectivity index (χ2v) is 6.79. The molecule has 1 aromatic carbocycles. The van der Waals surface area contributed by atoms with Crippen LogP contribution in [0.5, 0.6) is 0 Å². The molecule has 13 heteroatoms. The summed E-state index contributed by atoms with van der Waals surface area (Å²) >= 11 is 0. The minimum atomic E-state index is -4.67. The first kappa shape index (κ1) is 22.4. The van der Waals surface area contributed by atoms with Crippen molar-refractivity contribution in [2.24, 2.45) is 0 Å². The number of benzene rings is 1. The fraction of sp³-hybridized carbons (Fsp3) is 0.389. The molecule has 0 saturated carbocycles. The third kappa shape index (κ3) is 5.47. The van der Waals surface area contributed by atoms with Crippen LogP contribution in [0.25, 0.3) is 5.69 Å². The Morgan fingerprint density at radius 3 is 2.52 bits per heavy atom. The lowest BCUT2D eigenvalue weighted by Gasteiger charge is -2.25. The predicted octanol–water partition coefficient (Wildman–Crippen LogP) is 3.57. The van der Waals surface area contributed by atoms with Gasteiger partial charge in [-0.1, -0.05) is 0 Å². The maximum atomic E-state index is 13.1. The van der Waals surface area contributed by atoms with Crippen molar-refractivity contribution in [3.05, 3.63) is 42.2 Å². The molecular weight excluding hydrogens is 432 g/mol. The molecule has 1 unspecified atom stereocenters. The number of halogens is 6. The van der Waals surface area contributed by atoms with Gasteiger partial charge in [-0.25, -0.2) is 9.48 Å². The third-order valence-electron chi connectivity index (χ3n) is 4.60. The number of carbonyl (C=O) groups excluding carboxylic acids is 2. The van der Waals surface area contributed by atoms with E-state index in [4.69, 9.17) is 0 Å². The second-order valence-electron chi connectivity index (χ2n) is 6.79. The van der Waals surface area contributed by atoms with Gasteiger partial charge in [-0.15, -0.1) is 0 Å². The molecule has 3 rings (SSSR count).